The Kier molecular flexibility index (Phi) is 4.63. The average molecular weight is 322 g/mol. The van der Waals surface area contributed by atoms with Crippen molar-refractivity contribution in [3.05, 3.63) is 67.7 Å². The van der Waals surface area contributed by atoms with Crippen molar-refractivity contribution < 1.29 is 4.92 Å². The van der Waals surface area contributed by atoms with Crippen LogP contribution in [0.25, 0.3) is 0 Å². The van der Waals surface area contributed by atoms with Gasteiger partial charge in [-0.3, -0.25) is 10.1 Å². The highest BCUT2D eigenvalue weighted by molar-refractivity contribution is 6.39. The summed E-state index contributed by atoms with van der Waals surface area (Å²) in [6.07, 6.45) is 0. The zero-order valence-electron chi connectivity index (χ0n) is 10.6. The molecule has 0 aliphatic heterocycles. The second-order valence-corrected chi connectivity index (χ2v) is 5.02. The Bertz CT molecular complexity index is 701. The van der Waals surface area contributed by atoms with Gasteiger partial charge >= 0.3 is 0 Å². The van der Waals surface area contributed by atoms with Crippen molar-refractivity contribution in [1.82, 2.24) is 0 Å². The van der Waals surface area contributed by atoms with Gasteiger partial charge in [-0.05, 0) is 17.7 Å². The summed E-state index contributed by atoms with van der Waals surface area (Å²) in [5, 5.41) is 22.8. The molecule has 0 bridgehead atoms. The first-order chi connectivity index (χ1) is 10.0. The number of hydrogen-bond acceptors (Lipinski definition) is 4. The number of nitrogens with one attached hydrogen (secondary N) is 1. The fraction of sp³-hybridized carbons (Fsp3) is 0.0714. The predicted octanol–water partition coefficient (Wildman–Crippen LogP) is 4.39. The highest BCUT2D eigenvalue weighted by Gasteiger charge is 2.14. The summed E-state index contributed by atoms with van der Waals surface area (Å²) in [5.41, 5.74) is 1.78. The van der Waals surface area contributed by atoms with Crippen LogP contribution in [-0.4, -0.2) is 4.92 Å². The molecule has 0 aromatic heterocycles. The van der Waals surface area contributed by atoms with Crippen molar-refractivity contribution in [3.63, 3.8) is 0 Å². The van der Waals surface area contributed by atoms with Crippen molar-refractivity contribution in [3.8, 4) is 6.07 Å². The van der Waals surface area contributed by atoms with Gasteiger partial charge in [-0.15, -0.1) is 0 Å². The second kappa shape index (κ2) is 6.44. The maximum absolute atomic E-state index is 10.7. The summed E-state index contributed by atoms with van der Waals surface area (Å²) in [6.45, 7) is 0.433. The zero-order chi connectivity index (χ0) is 15.4. The molecule has 106 valence electrons. The van der Waals surface area contributed by atoms with Gasteiger partial charge in [0.1, 0.15) is 0 Å². The number of benzene rings is 2. The summed E-state index contributed by atoms with van der Waals surface area (Å²) in [5.74, 6) is 0. The van der Waals surface area contributed by atoms with Crippen LogP contribution in [-0.2, 0) is 6.54 Å². The van der Waals surface area contributed by atoms with Crippen LogP contribution in [0, 0.1) is 21.4 Å². The molecular formula is C14H9Cl2N3O2. The molecule has 0 atom stereocenters. The number of halogens is 2. The Balaban J connectivity index is 2.16. The molecule has 2 aromatic carbocycles. The molecule has 0 unspecified atom stereocenters. The van der Waals surface area contributed by atoms with Gasteiger partial charge in [-0.2, -0.15) is 5.26 Å². The van der Waals surface area contributed by atoms with E-state index in [1.807, 2.05) is 6.07 Å². The van der Waals surface area contributed by atoms with Crippen LogP contribution in [0.4, 0.5) is 11.4 Å². The molecule has 0 radical (unpaired) electrons. The third kappa shape index (κ3) is 3.63. The van der Waals surface area contributed by atoms with Crippen molar-refractivity contribution >= 4 is 34.6 Å². The smallest absolute Gasteiger partial charge is 0.272 e. The molecule has 0 aliphatic carbocycles. The van der Waals surface area contributed by atoms with Gasteiger partial charge in [0.15, 0.2) is 0 Å². The van der Waals surface area contributed by atoms with Gasteiger partial charge < -0.3 is 5.32 Å². The molecule has 1 N–H and O–H groups in total. The van der Waals surface area contributed by atoms with Crippen LogP contribution in [0.1, 0.15) is 11.1 Å². The number of nitrogens with zero attached hydrogens (tertiary/aromatic N) is 2. The SMILES string of the molecule is N#Cc1ccc(CNc2c(Cl)cc([N+](=O)[O-])cc2Cl)cc1. The fourth-order valence-corrected chi connectivity index (χ4v) is 2.33. The molecule has 2 rings (SSSR count). The number of hydrogen-bond donors (Lipinski definition) is 1. The molecule has 0 spiro atoms. The topological polar surface area (TPSA) is 79.0 Å². The van der Waals surface area contributed by atoms with Crippen molar-refractivity contribution in [2.75, 3.05) is 5.32 Å². The Morgan fingerprint density at radius 1 is 1.19 bits per heavy atom. The standard InChI is InChI=1S/C14H9Cl2N3O2/c15-12-5-11(19(20)21)6-13(16)14(12)18-8-10-3-1-9(7-17)2-4-10/h1-6,18H,8H2. The first-order valence-electron chi connectivity index (χ1n) is 5.87. The Hall–Kier alpha value is -2.29. The summed E-state index contributed by atoms with van der Waals surface area (Å²) in [6, 6.07) is 11.5. The second-order valence-electron chi connectivity index (χ2n) is 4.20. The quantitative estimate of drug-likeness (QED) is 0.669. The lowest BCUT2D eigenvalue weighted by molar-refractivity contribution is -0.384. The third-order valence-electron chi connectivity index (χ3n) is 2.79. The van der Waals surface area contributed by atoms with Crippen LogP contribution >= 0.6 is 23.2 Å². The molecule has 2 aromatic rings. The van der Waals surface area contributed by atoms with E-state index >= 15 is 0 Å². The number of anilines is 1. The molecule has 0 saturated heterocycles. The van der Waals surface area contributed by atoms with E-state index in [1.54, 1.807) is 24.3 Å². The molecule has 0 aliphatic rings. The summed E-state index contributed by atoms with van der Waals surface area (Å²) in [7, 11) is 0. The molecule has 21 heavy (non-hydrogen) atoms. The van der Waals surface area contributed by atoms with Crippen molar-refractivity contribution in [1.29, 1.82) is 5.26 Å². The molecule has 0 fully saturated rings. The molecule has 0 amide bonds. The number of nitriles is 1. The minimum atomic E-state index is -0.553. The Morgan fingerprint density at radius 3 is 2.24 bits per heavy atom. The molecule has 0 saturated carbocycles. The fourth-order valence-electron chi connectivity index (χ4n) is 1.72. The van der Waals surface area contributed by atoms with Crippen molar-refractivity contribution in [2.24, 2.45) is 0 Å². The Morgan fingerprint density at radius 2 is 1.76 bits per heavy atom. The van der Waals surface area contributed by atoms with Crippen LogP contribution in [0.5, 0.6) is 0 Å². The molecule has 0 heterocycles. The molecular weight excluding hydrogens is 313 g/mol. The van der Waals surface area contributed by atoms with Gasteiger partial charge in [0, 0.05) is 18.7 Å². The van der Waals surface area contributed by atoms with E-state index in [9.17, 15) is 10.1 Å². The van der Waals surface area contributed by atoms with Gasteiger partial charge in [0.05, 0.1) is 32.3 Å². The number of nitro benzene ring substituents is 1. The zero-order valence-corrected chi connectivity index (χ0v) is 12.1. The van der Waals surface area contributed by atoms with E-state index in [0.29, 0.717) is 17.8 Å². The molecule has 7 heteroatoms. The minimum Gasteiger partial charge on any atom is -0.379 e. The predicted molar refractivity (Wildman–Crippen MR) is 81.6 cm³/mol. The van der Waals surface area contributed by atoms with Gasteiger partial charge in [-0.25, -0.2) is 0 Å². The Labute approximate surface area is 130 Å². The van der Waals surface area contributed by atoms with Crippen LogP contribution in [0.15, 0.2) is 36.4 Å². The van der Waals surface area contributed by atoms with Gasteiger partial charge in [0.2, 0.25) is 0 Å². The lowest BCUT2D eigenvalue weighted by Crippen LogP contribution is -2.01. The largest absolute Gasteiger partial charge is 0.379 e. The van der Waals surface area contributed by atoms with Crippen molar-refractivity contribution in [2.45, 2.75) is 6.54 Å². The first-order valence-corrected chi connectivity index (χ1v) is 6.63. The maximum atomic E-state index is 10.7. The lowest BCUT2D eigenvalue weighted by atomic mass is 10.1. The number of nitro groups is 1. The van der Waals surface area contributed by atoms with Crippen LogP contribution < -0.4 is 5.32 Å². The average Bonchev–Trinajstić information content (AvgIpc) is 2.46. The number of rotatable bonds is 4. The normalized spacial score (nSPS) is 9.95. The van der Waals surface area contributed by atoms with E-state index in [2.05, 4.69) is 5.32 Å². The van der Waals surface area contributed by atoms with Gasteiger partial charge in [0.25, 0.3) is 5.69 Å². The summed E-state index contributed by atoms with van der Waals surface area (Å²) >= 11 is 12.0. The molecule has 5 nitrogen and oxygen atoms in total. The van der Waals surface area contributed by atoms with E-state index in [4.69, 9.17) is 28.5 Å². The minimum absolute atomic E-state index is 0.158. The summed E-state index contributed by atoms with van der Waals surface area (Å²) < 4.78 is 0. The van der Waals surface area contributed by atoms with E-state index in [0.717, 1.165) is 5.56 Å². The highest BCUT2D eigenvalue weighted by atomic mass is 35.5. The summed E-state index contributed by atoms with van der Waals surface area (Å²) in [4.78, 5) is 10.1. The van der Waals surface area contributed by atoms with Crippen LogP contribution in [0.3, 0.4) is 0 Å². The van der Waals surface area contributed by atoms with E-state index in [-0.39, 0.29) is 15.7 Å². The number of non-ortho nitro benzene ring substituents is 1. The lowest BCUT2D eigenvalue weighted by Gasteiger charge is -2.10. The highest BCUT2D eigenvalue weighted by Crippen LogP contribution is 2.34. The van der Waals surface area contributed by atoms with Crippen LogP contribution in [0.2, 0.25) is 10.0 Å². The first kappa shape index (κ1) is 15.1. The van der Waals surface area contributed by atoms with Gasteiger partial charge in [-0.1, -0.05) is 35.3 Å². The monoisotopic (exact) mass is 321 g/mol. The van der Waals surface area contributed by atoms with E-state index in [1.165, 1.54) is 12.1 Å². The maximum Gasteiger partial charge on any atom is 0.272 e. The van der Waals surface area contributed by atoms with E-state index < -0.39 is 4.92 Å². The third-order valence-corrected chi connectivity index (χ3v) is 3.39.